The second kappa shape index (κ2) is 11.4. The van der Waals surface area contributed by atoms with Crippen molar-refractivity contribution >= 4 is 34.0 Å². The Morgan fingerprint density at radius 2 is 1.38 bits per heavy atom. The highest BCUT2D eigenvalue weighted by Gasteiger charge is 2.30. The molecular formula is C30H28ClF3N2O2S. The van der Waals surface area contributed by atoms with Crippen LogP contribution >= 0.6 is 23.1 Å². The van der Waals surface area contributed by atoms with E-state index in [2.05, 4.69) is 37.3 Å². The van der Waals surface area contributed by atoms with Gasteiger partial charge >= 0.3 is 6.18 Å². The second-order valence-electron chi connectivity index (χ2n) is 10.3. The number of ether oxygens (including phenoxy) is 1. The maximum absolute atomic E-state index is 13.5. The molecule has 0 aliphatic rings. The first kappa shape index (κ1) is 28.6. The summed E-state index contributed by atoms with van der Waals surface area (Å²) in [7, 11) is 0. The van der Waals surface area contributed by atoms with Crippen LogP contribution in [-0.2, 0) is 29.4 Å². The molecule has 4 rings (SSSR count). The number of carbonyl (C=O) groups excluding carboxylic acids is 1. The third-order valence-corrected chi connectivity index (χ3v) is 7.70. The molecular weight excluding hydrogens is 545 g/mol. The van der Waals surface area contributed by atoms with Crippen LogP contribution in [0.25, 0.3) is 0 Å². The molecule has 0 unspecified atom stereocenters. The Hall–Kier alpha value is -3.36. The average molecular weight is 573 g/mol. The first-order valence-electron chi connectivity index (χ1n) is 12.3. The van der Waals surface area contributed by atoms with Crippen molar-refractivity contribution in [1.29, 1.82) is 0 Å². The van der Waals surface area contributed by atoms with Crippen molar-refractivity contribution in [3.63, 3.8) is 0 Å². The van der Waals surface area contributed by atoms with E-state index in [1.807, 2.05) is 12.1 Å². The third-order valence-electron chi connectivity index (χ3n) is 6.18. The summed E-state index contributed by atoms with van der Waals surface area (Å²) in [4.78, 5) is 15.2. The van der Waals surface area contributed by atoms with E-state index in [1.54, 1.807) is 36.1 Å². The molecule has 0 spiro atoms. The number of carbonyl (C=O) groups is 1. The van der Waals surface area contributed by atoms with Gasteiger partial charge in [0.2, 0.25) is 5.91 Å². The van der Waals surface area contributed by atoms with Gasteiger partial charge in [0.05, 0.1) is 29.2 Å². The highest BCUT2D eigenvalue weighted by atomic mass is 35.5. The number of hydrogen-bond acceptors (Lipinski definition) is 4. The molecule has 0 aliphatic carbocycles. The molecule has 4 aromatic rings. The highest BCUT2D eigenvalue weighted by Crippen LogP contribution is 2.35. The fourth-order valence-electron chi connectivity index (χ4n) is 3.87. The molecule has 3 aromatic carbocycles. The number of benzene rings is 3. The summed E-state index contributed by atoms with van der Waals surface area (Å²) in [6, 6.07) is 19.6. The van der Waals surface area contributed by atoms with Crippen molar-refractivity contribution in [2.24, 2.45) is 0 Å². The zero-order valence-electron chi connectivity index (χ0n) is 22.0. The topological polar surface area (TPSA) is 42.4 Å². The lowest BCUT2D eigenvalue weighted by molar-refractivity contribution is -0.137. The van der Waals surface area contributed by atoms with Crippen LogP contribution in [0.2, 0.25) is 5.02 Å². The van der Waals surface area contributed by atoms with E-state index in [-0.39, 0.29) is 23.5 Å². The van der Waals surface area contributed by atoms with E-state index in [1.165, 1.54) is 29.2 Å². The lowest BCUT2D eigenvalue weighted by Crippen LogP contribution is -2.31. The summed E-state index contributed by atoms with van der Waals surface area (Å²) in [6.07, 6.45) is -4.29. The van der Waals surface area contributed by atoms with E-state index in [4.69, 9.17) is 16.3 Å². The molecule has 0 saturated heterocycles. The molecule has 0 radical (unpaired) electrons. The average Bonchev–Trinajstić information content (AvgIpc) is 3.21. The van der Waals surface area contributed by atoms with Gasteiger partial charge in [0.1, 0.15) is 16.5 Å². The minimum Gasteiger partial charge on any atom is -0.457 e. The molecule has 4 nitrogen and oxygen atoms in total. The van der Waals surface area contributed by atoms with Crippen LogP contribution < -0.4 is 9.64 Å². The smallest absolute Gasteiger partial charge is 0.416 e. The zero-order valence-corrected chi connectivity index (χ0v) is 23.5. The van der Waals surface area contributed by atoms with E-state index < -0.39 is 11.7 Å². The van der Waals surface area contributed by atoms with E-state index in [0.717, 1.165) is 23.3 Å². The van der Waals surface area contributed by atoms with Crippen molar-refractivity contribution in [3.8, 4) is 11.5 Å². The summed E-state index contributed by atoms with van der Waals surface area (Å²) in [5.74, 6) is 0.588. The lowest BCUT2D eigenvalue weighted by Gasteiger charge is -2.23. The van der Waals surface area contributed by atoms with Crippen LogP contribution in [0.1, 0.15) is 48.7 Å². The lowest BCUT2D eigenvalue weighted by atomic mass is 9.87. The minimum absolute atomic E-state index is 0.0223. The van der Waals surface area contributed by atoms with Crippen molar-refractivity contribution in [2.45, 2.75) is 52.3 Å². The second-order valence-corrected chi connectivity index (χ2v) is 11.4. The number of anilines is 1. The first-order chi connectivity index (χ1) is 18.3. The van der Waals surface area contributed by atoms with Crippen LogP contribution in [-0.4, -0.2) is 10.3 Å². The molecule has 0 fully saturated rings. The molecule has 1 amide bonds. The summed E-state index contributed by atoms with van der Waals surface area (Å²) in [6.45, 7) is 8.60. The number of rotatable bonds is 7. The van der Waals surface area contributed by atoms with Gasteiger partial charge in [0.15, 0.2) is 0 Å². The van der Waals surface area contributed by atoms with Crippen LogP contribution in [0, 0.1) is 6.92 Å². The molecule has 1 aromatic heterocycles. The third kappa shape index (κ3) is 7.19. The predicted octanol–water partition coefficient (Wildman–Crippen LogP) is 8.99. The Morgan fingerprint density at radius 3 is 1.87 bits per heavy atom. The number of aryl methyl sites for hydroxylation is 1. The molecule has 0 bridgehead atoms. The quantitative estimate of drug-likeness (QED) is 0.222. The Balaban J connectivity index is 1.48. The van der Waals surface area contributed by atoms with Gasteiger partial charge < -0.3 is 4.74 Å². The maximum Gasteiger partial charge on any atom is 0.416 e. The predicted molar refractivity (Wildman–Crippen MR) is 150 cm³/mol. The van der Waals surface area contributed by atoms with Crippen LogP contribution in [0.5, 0.6) is 11.5 Å². The summed E-state index contributed by atoms with van der Waals surface area (Å²) < 4.78 is 48.3. The van der Waals surface area contributed by atoms with Crippen molar-refractivity contribution in [3.05, 3.63) is 106 Å². The molecule has 0 aliphatic heterocycles. The Bertz CT molecular complexity index is 1430. The van der Waals surface area contributed by atoms with Gasteiger partial charge in [0.25, 0.3) is 0 Å². The number of hydrogen-bond donors (Lipinski definition) is 0. The largest absolute Gasteiger partial charge is 0.457 e. The fraction of sp³-hybridized carbons (Fsp3) is 0.267. The van der Waals surface area contributed by atoms with Crippen LogP contribution in [0.15, 0.2) is 72.8 Å². The molecule has 0 saturated carbocycles. The Labute approximate surface area is 235 Å². The van der Waals surface area contributed by atoms with Crippen molar-refractivity contribution < 1.29 is 22.7 Å². The number of aromatic nitrogens is 1. The molecule has 1 heterocycles. The Morgan fingerprint density at radius 1 is 0.872 bits per heavy atom. The van der Waals surface area contributed by atoms with Gasteiger partial charge in [-0.25, -0.2) is 0 Å². The summed E-state index contributed by atoms with van der Waals surface area (Å²) in [5, 5.41) is 1.06. The molecule has 204 valence electrons. The van der Waals surface area contributed by atoms with E-state index in [0.29, 0.717) is 28.0 Å². The molecule has 39 heavy (non-hydrogen) atoms. The van der Waals surface area contributed by atoms with Crippen LogP contribution in [0.4, 0.5) is 18.2 Å². The fourth-order valence-corrected chi connectivity index (χ4v) is 4.98. The number of alkyl halides is 3. The standard InChI is InChI=1S/C30H28ClF3N2O2S/c1-19-27(31)28(39-35-19)36(18-21-5-9-22(10-6-21)29(2,3)4)26(37)17-20-7-13-24(14-8-20)38-25-15-11-23(12-16-25)30(32,33)34/h5-16H,17-18H2,1-4H3. The Kier molecular flexibility index (Phi) is 8.37. The van der Waals surface area contributed by atoms with Gasteiger partial charge in [-0.1, -0.05) is 68.8 Å². The summed E-state index contributed by atoms with van der Waals surface area (Å²) in [5.41, 5.74) is 2.88. The first-order valence-corrected chi connectivity index (χ1v) is 13.4. The molecule has 0 N–H and O–H groups in total. The zero-order chi connectivity index (χ0) is 28.4. The normalized spacial score (nSPS) is 11.9. The minimum atomic E-state index is -4.40. The van der Waals surface area contributed by atoms with Crippen LogP contribution in [0.3, 0.4) is 0 Å². The van der Waals surface area contributed by atoms with Crippen molar-refractivity contribution in [2.75, 3.05) is 4.90 Å². The van der Waals surface area contributed by atoms with E-state index in [9.17, 15) is 18.0 Å². The molecule has 0 atom stereocenters. The SMILES string of the molecule is Cc1nsc(N(Cc2ccc(C(C)(C)C)cc2)C(=O)Cc2ccc(Oc3ccc(C(F)(F)F)cc3)cc2)c1Cl. The van der Waals surface area contributed by atoms with Gasteiger partial charge in [-0.05, 0) is 77.0 Å². The number of amides is 1. The number of halogens is 4. The van der Waals surface area contributed by atoms with Gasteiger partial charge in [0, 0.05) is 0 Å². The van der Waals surface area contributed by atoms with Gasteiger partial charge in [-0.15, -0.1) is 0 Å². The van der Waals surface area contributed by atoms with Gasteiger partial charge in [-0.3, -0.25) is 9.69 Å². The maximum atomic E-state index is 13.5. The highest BCUT2D eigenvalue weighted by molar-refractivity contribution is 7.11. The number of nitrogens with zero attached hydrogens (tertiary/aromatic N) is 2. The van der Waals surface area contributed by atoms with E-state index >= 15 is 0 Å². The van der Waals surface area contributed by atoms with Gasteiger partial charge in [-0.2, -0.15) is 17.5 Å². The van der Waals surface area contributed by atoms with Crippen molar-refractivity contribution in [1.82, 2.24) is 4.37 Å². The summed E-state index contributed by atoms with van der Waals surface area (Å²) >= 11 is 7.70. The molecule has 9 heteroatoms. The monoisotopic (exact) mass is 572 g/mol.